The number of aromatic amines is 1. The molecule has 3 aromatic rings. The van der Waals surface area contributed by atoms with E-state index < -0.39 is 6.29 Å². The molecule has 5 rings (SSSR count). The number of ether oxygens (including phenoxy) is 3. The number of imidazole rings is 1. The Hall–Kier alpha value is -3.41. The van der Waals surface area contributed by atoms with Crippen LogP contribution in [0.25, 0.3) is 22.6 Å². The number of hydrogen-bond acceptors (Lipinski definition) is 8. The SMILES string of the molecule is O=C(NC1CCCCC1)C1COC(Cc2nc(-c3ccc(F)cc3)c(-c3ccnc(OCCCO)n3)[nH]2)OC1. The van der Waals surface area contributed by atoms with Crippen molar-refractivity contribution >= 4 is 5.91 Å². The number of nitrogens with zero attached hydrogens (tertiary/aromatic N) is 3. The zero-order valence-corrected chi connectivity index (χ0v) is 21.8. The van der Waals surface area contributed by atoms with Gasteiger partial charge >= 0.3 is 6.01 Å². The van der Waals surface area contributed by atoms with E-state index in [1.807, 2.05) is 0 Å². The maximum atomic E-state index is 13.6. The van der Waals surface area contributed by atoms with Crippen LogP contribution in [0.3, 0.4) is 0 Å². The van der Waals surface area contributed by atoms with Crippen LogP contribution in [-0.2, 0) is 20.7 Å². The van der Waals surface area contributed by atoms with Crippen LogP contribution in [0.5, 0.6) is 6.01 Å². The monoisotopic (exact) mass is 539 g/mol. The van der Waals surface area contributed by atoms with Crippen molar-refractivity contribution in [3.05, 3.63) is 48.2 Å². The lowest BCUT2D eigenvalue weighted by molar-refractivity contribution is -0.201. The molecule has 3 N–H and O–H groups in total. The Morgan fingerprint density at radius 3 is 2.62 bits per heavy atom. The Kier molecular flexibility index (Phi) is 9.12. The van der Waals surface area contributed by atoms with Crippen molar-refractivity contribution in [1.29, 1.82) is 0 Å². The molecule has 1 aromatic carbocycles. The number of carbonyl (C=O) groups is 1. The Bertz CT molecular complexity index is 1220. The van der Waals surface area contributed by atoms with Crippen LogP contribution in [-0.4, -0.2) is 69.7 Å². The number of halogens is 1. The second kappa shape index (κ2) is 13.1. The summed E-state index contributed by atoms with van der Waals surface area (Å²) in [6.07, 6.45) is 7.42. The molecule has 1 saturated heterocycles. The summed E-state index contributed by atoms with van der Waals surface area (Å²) in [6.45, 7) is 0.856. The van der Waals surface area contributed by atoms with Crippen LogP contribution < -0.4 is 10.1 Å². The first-order valence-corrected chi connectivity index (χ1v) is 13.5. The Morgan fingerprint density at radius 2 is 1.87 bits per heavy atom. The third kappa shape index (κ3) is 7.17. The van der Waals surface area contributed by atoms with E-state index in [0.717, 1.165) is 25.7 Å². The summed E-state index contributed by atoms with van der Waals surface area (Å²) in [7, 11) is 0. The predicted octanol–water partition coefficient (Wildman–Crippen LogP) is 3.41. The van der Waals surface area contributed by atoms with E-state index in [0.29, 0.717) is 41.3 Å². The molecule has 3 heterocycles. The summed E-state index contributed by atoms with van der Waals surface area (Å²) in [5.41, 5.74) is 2.46. The van der Waals surface area contributed by atoms with Gasteiger partial charge in [-0.3, -0.25) is 4.79 Å². The summed E-state index contributed by atoms with van der Waals surface area (Å²) in [6, 6.07) is 8.22. The van der Waals surface area contributed by atoms with Gasteiger partial charge in [-0.1, -0.05) is 19.3 Å². The average Bonchev–Trinajstić information content (AvgIpc) is 3.38. The highest BCUT2D eigenvalue weighted by Gasteiger charge is 2.30. The number of amides is 1. The van der Waals surface area contributed by atoms with Gasteiger partial charge in [-0.15, -0.1) is 0 Å². The molecule has 0 spiro atoms. The number of aromatic nitrogens is 4. The van der Waals surface area contributed by atoms with Crippen LogP contribution in [0.15, 0.2) is 36.5 Å². The number of nitrogens with one attached hydrogen (secondary N) is 2. The number of benzene rings is 1. The maximum absolute atomic E-state index is 13.6. The van der Waals surface area contributed by atoms with E-state index in [1.165, 1.54) is 18.6 Å². The molecule has 11 heteroatoms. The van der Waals surface area contributed by atoms with E-state index in [2.05, 4.69) is 20.3 Å². The largest absolute Gasteiger partial charge is 0.463 e. The van der Waals surface area contributed by atoms with Crippen molar-refractivity contribution in [2.24, 2.45) is 5.92 Å². The van der Waals surface area contributed by atoms with Gasteiger partial charge in [-0.05, 0) is 43.2 Å². The summed E-state index contributed by atoms with van der Waals surface area (Å²) < 4.78 is 30.9. The zero-order valence-electron chi connectivity index (χ0n) is 21.8. The van der Waals surface area contributed by atoms with Crippen LogP contribution in [0.2, 0.25) is 0 Å². The average molecular weight is 540 g/mol. The Labute approximate surface area is 226 Å². The van der Waals surface area contributed by atoms with Gasteiger partial charge in [0.2, 0.25) is 5.91 Å². The molecule has 0 atom stereocenters. The van der Waals surface area contributed by atoms with Crippen molar-refractivity contribution in [2.45, 2.75) is 57.3 Å². The second-order valence-corrected chi connectivity index (χ2v) is 9.90. The first-order valence-electron chi connectivity index (χ1n) is 13.5. The quantitative estimate of drug-likeness (QED) is 0.334. The molecule has 39 heavy (non-hydrogen) atoms. The van der Waals surface area contributed by atoms with Gasteiger partial charge in [0.15, 0.2) is 6.29 Å². The molecule has 1 saturated carbocycles. The molecule has 1 aliphatic carbocycles. The van der Waals surface area contributed by atoms with Crippen LogP contribution in [0, 0.1) is 11.7 Å². The molecule has 0 radical (unpaired) electrons. The predicted molar refractivity (Wildman–Crippen MR) is 140 cm³/mol. The lowest BCUT2D eigenvalue weighted by Crippen LogP contribution is -2.46. The van der Waals surface area contributed by atoms with Crippen molar-refractivity contribution < 1.29 is 28.5 Å². The second-order valence-electron chi connectivity index (χ2n) is 9.90. The third-order valence-electron chi connectivity index (χ3n) is 6.94. The lowest BCUT2D eigenvalue weighted by Gasteiger charge is -2.30. The van der Waals surface area contributed by atoms with E-state index in [-0.39, 0.29) is 56.1 Å². The minimum atomic E-state index is -0.563. The first-order chi connectivity index (χ1) is 19.1. The molecule has 2 fully saturated rings. The normalized spacial score (nSPS) is 20.1. The van der Waals surface area contributed by atoms with E-state index in [1.54, 1.807) is 24.4 Å². The fraction of sp³-hybridized carbons (Fsp3) is 0.500. The fourth-order valence-electron chi connectivity index (χ4n) is 4.83. The standard InChI is InChI=1S/C28H34FN5O5/c29-20-9-7-18(8-10-20)25-26(22-11-12-30-28(32-22)37-14-4-13-35)34-23(33-25)15-24-38-16-19(17-39-24)27(36)31-21-5-2-1-3-6-21/h7-12,19,21,24,35H,1-6,13-17H2,(H,31,36)(H,33,34). The molecule has 0 unspecified atom stereocenters. The minimum Gasteiger partial charge on any atom is -0.463 e. The molecule has 1 amide bonds. The highest BCUT2D eigenvalue weighted by molar-refractivity contribution is 5.79. The summed E-state index contributed by atoms with van der Waals surface area (Å²) in [4.78, 5) is 29.4. The highest BCUT2D eigenvalue weighted by atomic mass is 19.1. The number of hydrogen-bond donors (Lipinski definition) is 3. The van der Waals surface area contributed by atoms with Gasteiger partial charge in [0.25, 0.3) is 0 Å². The van der Waals surface area contributed by atoms with Crippen LogP contribution >= 0.6 is 0 Å². The summed E-state index contributed by atoms with van der Waals surface area (Å²) in [5.74, 6) is -0.0973. The molecule has 1 aliphatic heterocycles. The Balaban J connectivity index is 1.28. The molecular weight excluding hydrogens is 505 g/mol. The van der Waals surface area contributed by atoms with Crippen molar-refractivity contribution in [3.63, 3.8) is 0 Å². The third-order valence-corrected chi connectivity index (χ3v) is 6.94. The van der Waals surface area contributed by atoms with E-state index in [4.69, 9.17) is 24.3 Å². The minimum absolute atomic E-state index is 0.00948. The molecule has 0 bridgehead atoms. The van der Waals surface area contributed by atoms with Crippen molar-refractivity contribution in [3.8, 4) is 28.7 Å². The fourth-order valence-corrected chi connectivity index (χ4v) is 4.83. The highest BCUT2D eigenvalue weighted by Crippen LogP contribution is 2.31. The summed E-state index contributed by atoms with van der Waals surface area (Å²) in [5, 5.41) is 12.1. The van der Waals surface area contributed by atoms with E-state index >= 15 is 0 Å². The Morgan fingerprint density at radius 1 is 1.10 bits per heavy atom. The summed E-state index contributed by atoms with van der Waals surface area (Å²) >= 11 is 0. The number of aliphatic hydroxyl groups excluding tert-OH is 1. The maximum Gasteiger partial charge on any atom is 0.316 e. The van der Waals surface area contributed by atoms with Gasteiger partial charge in [0, 0.05) is 30.8 Å². The molecule has 208 valence electrons. The topological polar surface area (TPSA) is 131 Å². The number of carbonyl (C=O) groups excluding carboxylic acids is 1. The molecule has 2 aliphatic rings. The molecular formula is C28H34FN5O5. The van der Waals surface area contributed by atoms with Gasteiger partial charge in [0.05, 0.1) is 49.2 Å². The van der Waals surface area contributed by atoms with Crippen LogP contribution in [0.1, 0.15) is 44.3 Å². The van der Waals surface area contributed by atoms with Gasteiger partial charge in [-0.2, -0.15) is 4.98 Å². The van der Waals surface area contributed by atoms with Gasteiger partial charge in [0.1, 0.15) is 11.6 Å². The molecule has 2 aromatic heterocycles. The first kappa shape index (κ1) is 27.2. The van der Waals surface area contributed by atoms with Gasteiger partial charge in [-0.25, -0.2) is 14.4 Å². The van der Waals surface area contributed by atoms with Gasteiger partial charge < -0.3 is 29.6 Å². The van der Waals surface area contributed by atoms with Crippen molar-refractivity contribution in [2.75, 3.05) is 26.4 Å². The zero-order chi connectivity index (χ0) is 27.0. The van der Waals surface area contributed by atoms with Crippen LogP contribution in [0.4, 0.5) is 4.39 Å². The molecule has 10 nitrogen and oxygen atoms in total. The van der Waals surface area contributed by atoms with E-state index in [9.17, 15) is 9.18 Å². The lowest BCUT2D eigenvalue weighted by atomic mass is 9.95. The number of rotatable bonds is 10. The van der Waals surface area contributed by atoms with Crippen molar-refractivity contribution in [1.82, 2.24) is 25.3 Å². The number of aliphatic hydroxyl groups is 1. The smallest absolute Gasteiger partial charge is 0.316 e. The number of H-pyrrole nitrogens is 1.